The fourth-order valence-electron chi connectivity index (χ4n) is 2.28. The third-order valence-corrected chi connectivity index (χ3v) is 3.21. The van der Waals surface area contributed by atoms with Gasteiger partial charge in [0.05, 0.1) is 11.8 Å². The van der Waals surface area contributed by atoms with Gasteiger partial charge in [0.1, 0.15) is 0 Å². The first-order valence-electron chi connectivity index (χ1n) is 6.40. The third kappa shape index (κ3) is 2.27. The Balaban J connectivity index is 1.82. The fraction of sp³-hybridized carbons (Fsp3) is 0.214. The molecule has 0 fully saturated rings. The second-order valence-corrected chi connectivity index (χ2v) is 4.55. The first kappa shape index (κ1) is 12.4. The molecule has 0 aliphatic carbocycles. The van der Waals surface area contributed by atoms with Crippen molar-refractivity contribution in [3.05, 3.63) is 48.7 Å². The monoisotopic (exact) mass is 270 g/mol. The summed E-state index contributed by atoms with van der Waals surface area (Å²) < 4.78 is 3.75. The minimum atomic E-state index is -0.991. The summed E-state index contributed by atoms with van der Waals surface area (Å²) in [6.07, 6.45) is 6.28. The molecule has 0 amide bonds. The number of carboxylic acid groups (broad SMARTS) is 1. The zero-order chi connectivity index (χ0) is 13.9. The van der Waals surface area contributed by atoms with Crippen LogP contribution in [0.2, 0.25) is 0 Å². The lowest BCUT2D eigenvalue weighted by atomic mass is 10.2. The van der Waals surface area contributed by atoms with E-state index in [0.717, 1.165) is 18.5 Å². The number of benzene rings is 1. The fourth-order valence-corrected chi connectivity index (χ4v) is 2.28. The van der Waals surface area contributed by atoms with E-state index >= 15 is 0 Å². The van der Waals surface area contributed by atoms with Crippen LogP contribution in [0.4, 0.5) is 0 Å². The second-order valence-electron chi connectivity index (χ2n) is 4.55. The van der Waals surface area contributed by atoms with E-state index in [2.05, 4.69) is 10.1 Å². The van der Waals surface area contributed by atoms with Gasteiger partial charge in [-0.25, -0.2) is 9.78 Å². The van der Waals surface area contributed by atoms with Gasteiger partial charge >= 0.3 is 5.97 Å². The molecule has 0 saturated heterocycles. The van der Waals surface area contributed by atoms with Crippen molar-refractivity contribution in [1.29, 1.82) is 0 Å². The zero-order valence-corrected chi connectivity index (χ0v) is 10.8. The van der Waals surface area contributed by atoms with Gasteiger partial charge in [0, 0.05) is 30.9 Å². The van der Waals surface area contributed by atoms with Crippen molar-refractivity contribution in [2.45, 2.75) is 19.5 Å². The summed E-state index contributed by atoms with van der Waals surface area (Å²) in [5.41, 5.74) is 0.971. The maximum absolute atomic E-state index is 11.2. The molecule has 0 radical (unpaired) electrons. The van der Waals surface area contributed by atoms with Gasteiger partial charge in [-0.05, 0) is 12.5 Å². The quantitative estimate of drug-likeness (QED) is 0.769. The molecule has 0 atom stereocenters. The maximum Gasteiger partial charge on any atom is 0.357 e. The Bertz CT molecular complexity index is 731. The van der Waals surface area contributed by atoms with Crippen LogP contribution in [0.5, 0.6) is 0 Å². The minimum absolute atomic E-state index is 0.114. The van der Waals surface area contributed by atoms with Gasteiger partial charge in [0.15, 0.2) is 5.69 Å². The number of imidazole rings is 1. The highest BCUT2D eigenvalue weighted by molar-refractivity contribution is 6.01. The summed E-state index contributed by atoms with van der Waals surface area (Å²) in [4.78, 5) is 15.2. The number of carbonyl (C=O) groups is 1. The zero-order valence-electron chi connectivity index (χ0n) is 10.8. The molecule has 2 aromatic heterocycles. The van der Waals surface area contributed by atoms with Gasteiger partial charge in [-0.2, -0.15) is 5.10 Å². The van der Waals surface area contributed by atoms with Crippen LogP contribution in [-0.2, 0) is 13.1 Å². The first-order valence-corrected chi connectivity index (χ1v) is 6.40. The van der Waals surface area contributed by atoms with E-state index in [1.54, 1.807) is 23.3 Å². The van der Waals surface area contributed by atoms with Gasteiger partial charge in [-0.15, -0.1) is 0 Å². The average molecular weight is 270 g/mol. The molecule has 0 spiro atoms. The number of fused-ring (bicyclic) bond motifs is 1. The van der Waals surface area contributed by atoms with Gasteiger partial charge < -0.3 is 9.67 Å². The molecule has 0 unspecified atom stereocenters. The largest absolute Gasteiger partial charge is 0.476 e. The van der Waals surface area contributed by atoms with Crippen LogP contribution in [0.1, 0.15) is 16.9 Å². The molecule has 20 heavy (non-hydrogen) atoms. The van der Waals surface area contributed by atoms with Gasteiger partial charge in [0.25, 0.3) is 0 Å². The topological polar surface area (TPSA) is 72.9 Å². The van der Waals surface area contributed by atoms with E-state index in [4.69, 9.17) is 0 Å². The molecule has 0 aliphatic rings. The van der Waals surface area contributed by atoms with Crippen molar-refractivity contribution in [3.8, 4) is 0 Å². The predicted molar refractivity (Wildman–Crippen MR) is 73.5 cm³/mol. The minimum Gasteiger partial charge on any atom is -0.476 e. The Hall–Kier alpha value is -2.63. The van der Waals surface area contributed by atoms with Crippen LogP contribution < -0.4 is 0 Å². The lowest BCUT2D eigenvalue weighted by Crippen LogP contribution is -2.06. The molecule has 0 aliphatic heterocycles. The Labute approximate surface area is 115 Å². The third-order valence-electron chi connectivity index (χ3n) is 3.21. The predicted octanol–water partition coefficient (Wildman–Crippen LogP) is 2.02. The van der Waals surface area contributed by atoms with Crippen molar-refractivity contribution in [2.24, 2.45) is 0 Å². The van der Waals surface area contributed by atoms with Gasteiger partial charge in [-0.3, -0.25) is 4.68 Å². The van der Waals surface area contributed by atoms with Crippen molar-refractivity contribution in [1.82, 2.24) is 19.3 Å². The van der Waals surface area contributed by atoms with E-state index in [1.807, 2.05) is 29.0 Å². The molecule has 102 valence electrons. The van der Waals surface area contributed by atoms with Crippen molar-refractivity contribution in [2.75, 3.05) is 0 Å². The Kier molecular flexibility index (Phi) is 3.20. The van der Waals surface area contributed by atoms with E-state index in [0.29, 0.717) is 11.9 Å². The summed E-state index contributed by atoms with van der Waals surface area (Å²) in [6, 6.07) is 7.40. The number of hydrogen-bond donors (Lipinski definition) is 1. The number of hydrogen-bond acceptors (Lipinski definition) is 3. The van der Waals surface area contributed by atoms with E-state index in [9.17, 15) is 9.90 Å². The highest BCUT2D eigenvalue weighted by Gasteiger charge is 2.15. The average Bonchev–Trinajstić information content (AvgIpc) is 3.07. The Morgan fingerprint density at radius 1 is 1.25 bits per heavy atom. The second kappa shape index (κ2) is 5.16. The van der Waals surface area contributed by atoms with Crippen molar-refractivity contribution < 1.29 is 9.90 Å². The van der Waals surface area contributed by atoms with Gasteiger partial charge in [0.2, 0.25) is 0 Å². The van der Waals surface area contributed by atoms with Crippen molar-refractivity contribution in [3.63, 3.8) is 0 Å². The highest BCUT2D eigenvalue weighted by atomic mass is 16.4. The Morgan fingerprint density at radius 2 is 2.10 bits per heavy atom. The molecule has 3 rings (SSSR count). The molecule has 0 saturated carbocycles. The molecule has 6 nitrogen and oxygen atoms in total. The summed E-state index contributed by atoms with van der Waals surface area (Å²) in [5, 5.41) is 14.1. The molecule has 1 N–H and O–H groups in total. The van der Waals surface area contributed by atoms with Crippen molar-refractivity contribution >= 4 is 16.9 Å². The SMILES string of the molecule is O=C(O)c1nn(CCCn2ccnc2)c2ccccc12. The van der Waals surface area contributed by atoms with Crippen LogP contribution in [0.15, 0.2) is 43.0 Å². The molecular formula is C14H14N4O2. The molecule has 3 aromatic rings. The summed E-state index contributed by atoms with van der Waals surface area (Å²) >= 11 is 0. The lowest BCUT2D eigenvalue weighted by Gasteiger charge is -2.04. The molecular weight excluding hydrogens is 256 g/mol. The highest BCUT2D eigenvalue weighted by Crippen LogP contribution is 2.18. The molecule has 2 heterocycles. The van der Waals surface area contributed by atoms with E-state index in [-0.39, 0.29) is 5.69 Å². The van der Waals surface area contributed by atoms with E-state index < -0.39 is 5.97 Å². The summed E-state index contributed by atoms with van der Waals surface area (Å²) in [5.74, 6) is -0.991. The van der Waals surface area contributed by atoms with Crippen LogP contribution in [-0.4, -0.2) is 30.4 Å². The summed E-state index contributed by atoms with van der Waals surface area (Å²) in [7, 11) is 0. The number of rotatable bonds is 5. The summed E-state index contributed by atoms with van der Waals surface area (Å²) in [6.45, 7) is 1.50. The molecule has 6 heteroatoms. The van der Waals surface area contributed by atoms with E-state index in [1.165, 1.54) is 0 Å². The van der Waals surface area contributed by atoms with Gasteiger partial charge in [-0.1, -0.05) is 18.2 Å². The smallest absolute Gasteiger partial charge is 0.357 e. The number of aromatic nitrogens is 4. The number of aryl methyl sites for hydroxylation is 2. The Morgan fingerprint density at radius 3 is 2.85 bits per heavy atom. The maximum atomic E-state index is 11.2. The molecule has 0 bridgehead atoms. The first-order chi connectivity index (χ1) is 9.75. The number of carboxylic acids is 1. The number of nitrogens with zero attached hydrogens (tertiary/aromatic N) is 4. The lowest BCUT2D eigenvalue weighted by molar-refractivity contribution is 0.0691. The van der Waals surface area contributed by atoms with Crippen LogP contribution in [0.3, 0.4) is 0 Å². The normalized spacial score (nSPS) is 11.0. The van der Waals surface area contributed by atoms with Crippen LogP contribution >= 0.6 is 0 Å². The number of para-hydroxylation sites is 1. The standard InChI is InChI=1S/C14H14N4O2/c19-14(20)13-11-4-1-2-5-12(11)18(16-13)8-3-7-17-9-6-15-10-17/h1-2,4-6,9-10H,3,7-8H2,(H,19,20). The van der Waals surface area contributed by atoms with Crippen LogP contribution in [0, 0.1) is 0 Å². The van der Waals surface area contributed by atoms with Crippen LogP contribution in [0.25, 0.3) is 10.9 Å². The number of aromatic carboxylic acids is 1. The molecule has 1 aromatic carbocycles.